The molecular formula is C24H30Cl2N2O3. The summed E-state index contributed by atoms with van der Waals surface area (Å²) in [7, 11) is 0. The average Bonchev–Trinajstić information content (AvgIpc) is 2.75. The van der Waals surface area contributed by atoms with Gasteiger partial charge in [-0.15, -0.1) is 0 Å². The van der Waals surface area contributed by atoms with Crippen LogP contribution in [0.1, 0.15) is 44.7 Å². The molecule has 2 aromatic carbocycles. The zero-order valence-corrected chi connectivity index (χ0v) is 20.0. The lowest BCUT2D eigenvalue weighted by atomic mass is 10.1. The van der Waals surface area contributed by atoms with Crippen LogP contribution in [-0.4, -0.2) is 35.4 Å². The molecule has 0 radical (unpaired) electrons. The highest BCUT2D eigenvalue weighted by Crippen LogP contribution is 2.21. The fourth-order valence-corrected chi connectivity index (χ4v) is 3.33. The molecule has 168 valence electrons. The fourth-order valence-electron chi connectivity index (χ4n) is 3.08. The maximum absolute atomic E-state index is 13.2. The van der Waals surface area contributed by atoms with Crippen molar-refractivity contribution < 1.29 is 14.3 Å². The van der Waals surface area contributed by atoms with Crippen LogP contribution in [0.5, 0.6) is 5.75 Å². The Kier molecular flexibility index (Phi) is 9.66. The molecule has 0 aliphatic rings. The standard InChI is InChI=1S/C24H30Cl2N2O3/c1-5-17(4)27-24(30)22(6-2)28(14-18-7-9-19(25)10-8-18)23(29)15-31-20-11-12-21(26)16(3)13-20/h7-13,17,22H,5-6,14-15H2,1-4H3,(H,27,30)/t17-,22+/m1/s1. The van der Waals surface area contributed by atoms with E-state index in [0.717, 1.165) is 17.5 Å². The van der Waals surface area contributed by atoms with Crippen molar-refractivity contribution in [2.24, 2.45) is 0 Å². The molecule has 2 atom stereocenters. The van der Waals surface area contributed by atoms with Gasteiger partial charge in [-0.05, 0) is 68.1 Å². The summed E-state index contributed by atoms with van der Waals surface area (Å²) in [6, 6.07) is 11.9. The molecule has 0 spiro atoms. The zero-order chi connectivity index (χ0) is 23.0. The van der Waals surface area contributed by atoms with Crippen LogP contribution in [-0.2, 0) is 16.1 Å². The minimum absolute atomic E-state index is 0.0299. The number of ether oxygens (including phenoxy) is 1. The Morgan fingerprint density at radius 3 is 2.32 bits per heavy atom. The predicted molar refractivity (Wildman–Crippen MR) is 126 cm³/mol. The number of amides is 2. The Hall–Kier alpha value is -2.24. The predicted octanol–water partition coefficient (Wildman–Crippen LogP) is 5.40. The Morgan fingerprint density at radius 2 is 1.74 bits per heavy atom. The number of benzene rings is 2. The Bertz CT molecular complexity index is 887. The topological polar surface area (TPSA) is 58.6 Å². The SMILES string of the molecule is CC[C@@H](C)NC(=O)[C@H](CC)N(Cc1ccc(Cl)cc1)C(=O)COc1ccc(Cl)c(C)c1. The van der Waals surface area contributed by atoms with Crippen LogP contribution in [0.25, 0.3) is 0 Å². The number of rotatable bonds is 10. The van der Waals surface area contributed by atoms with Crippen molar-refractivity contribution >= 4 is 35.0 Å². The summed E-state index contributed by atoms with van der Waals surface area (Å²) < 4.78 is 5.72. The second kappa shape index (κ2) is 12.0. The quantitative estimate of drug-likeness (QED) is 0.511. The number of hydrogen-bond donors (Lipinski definition) is 1. The number of carbonyl (C=O) groups is 2. The lowest BCUT2D eigenvalue weighted by Gasteiger charge is -2.31. The number of nitrogens with zero attached hydrogens (tertiary/aromatic N) is 1. The molecular weight excluding hydrogens is 435 g/mol. The van der Waals surface area contributed by atoms with E-state index in [1.807, 2.05) is 39.8 Å². The summed E-state index contributed by atoms with van der Waals surface area (Å²) >= 11 is 12.1. The molecule has 2 rings (SSSR count). The largest absolute Gasteiger partial charge is 0.484 e. The van der Waals surface area contributed by atoms with Gasteiger partial charge in [0.05, 0.1) is 0 Å². The van der Waals surface area contributed by atoms with E-state index in [1.165, 1.54) is 0 Å². The van der Waals surface area contributed by atoms with Crippen molar-refractivity contribution in [3.05, 3.63) is 63.6 Å². The smallest absolute Gasteiger partial charge is 0.261 e. The van der Waals surface area contributed by atoms with E-state index in [0.29, 0.717) is 22.2 Å². The summed E-state index contributed by atoms with van der Waals surface area (Å²) in [6.07, 6.45) is 1.30. The van der Waals surface area contributed by atoms with Gasteiger partial charge in [0, 0.05) is 22.6 Å². The molecule has 2 aromatic rings. The molecule has 0 bridgehead atoms. The van der Waals surface area contributed by atoms with Crippen LogP contribution in [0, 0.1) is 6.92 Å². The number of nitrogens with one attached hydrogen (secondary N) is 1. The van der Waals surface area contributed by atoms with Gasteiger partial charge in [-0.25, -0.2) is 0 Å². The minimum atomic E-state index is -0.604. The van der Waals surface area contributed by atoms with E-state index < -0.39 is 6.04 Å². The van der Waals surface area contributed by atoms with Gasteiger partial charge in [0.15, 0.2) is 6.61 Å². The van der Waals surface area contributed by atoms with Crippen molar-refractivity contribution in [1.29, 1.82) is 0 Å². The number of aryl methyl sites for hydroxylation is 1. The van der Waals surface area contributed by atoms with E-state index in [-0.39, 0.29) is 31.0 Å². The van der Waals surface area contributed by atoms with E-state index in [9.17, 15) is 9.59 Å². The Balaban J connectivity index is 2.21. The van der Waals surface area contributed by atoms with Crippen LogP contribution >= 0.6 is 23.2 Å². The van der Waals surface area contributed by atoms with Gasteiger partial charge in [-0.2, -0.15) is 0 Å². The van der Waals surface area contributed by atoms with Crippen molar-refractivity contribution in [1.82, 2.24) is 10.2 Å². The van der Waals surface area contributed by atoms with Gasteiger partial charge >= 0.3 is 0 Å². The van der Waals surface area contributed by atoms with Gasteiger partial charge < -0.3 is 15.0 Å². The van der Waals surface area contributed by atoms with Crippen molar-refractivity contribution in [3.63, 3.8) is 0 Å². The number of carbonyl (C=O) groups excluding carboxylic acids is 2. The van der Waals surface area contributed by atoms with E-state index in [2.05, 4.69) is 5.32 Å². The molecule has 0 unspecified atom stereocenters. The molecule has 0 saturated carbocycles. The van der Waals surface area contributed by atoms with Gasteiger partial charge in [-0.1, -0.05) is 49.2 Å². The molecule has 7 heteroatoms. The van der Waals surface area contributed by atoms with Crippen molar-refractivity contribution in [3.8, 4) is 5.75 Å². The van der Waals surface area contributed by atoms with Crippen LogP contribution < -0.4 is 10.1 Å². The molecule has 1 N–H and O–H groups in total. The highest BCUT2D eigenvalue weighted by molar-refractivity contribution is 6.31. The molecule has 0 heterocycles. The third-order valence-electron chi connectivity index (χ3n) is 5.14. The van der Waals surface area contributed by atoms with E-state index >= 15 is 0 Å². The molecule has 0 fully saturated rings. The maximum atomic E-state index is 13.2. The van der Waals surface area contributed by atoms with E-state index in [1.54, 1.807) is 35.2 Å². The molecule has 0 aliphatic heterocycles. The third kappa shape index (κ3) is 7.44. The van der Waals surface area contributed by atoms with Crippen LogP contribution in [0.3, 0.4) is 0 Å². The third-order valence-corrected chi connectivity index (χ3v) is 5.82. The van der Waals surface area contributed by atoms with Crippen molar-refractivity contribution in [2.45, 2.75) is 59.2 Å². The minimum Gasteiger partial charge on any atom is -0.484 e. The molecule has 2 amide bonds. The normalized spacial score (nSPS) is 12.7. The zero-order valence-electron chi connectivity index (χ0n) is 18.5. The Morgan fingerprint density at radius 1 is 1.06 bits per heavy atom. The highest BCUT2D eigenvalue weighted by Gasteiger charge is 2.29. The molecule has 0 saturated heterocycles. The maximum Gasteiger partial charge on any atom is 0.261 e. The molecule has 0 aliphatic carbocycles. The van der Waals surface area contributed by atoms with Crippen LogP contribution in [0.2, 0.25) is 10.0 Å². The Labute approximate surface area is 194 Å². The van der Waals surface area contributed by atoms with Crippen molar-refractivity contribution in [2.75, 3.05) is 6.61 Å². The van der Waals surface area contributed by atoms with Crippen LogP contribution in [0.15, 0.2) is 42.5 Å². The second-order valence-corrected chi connectivity index (χ2v) is 8.43. The van der Waals surface area contributed by atoms with Gasteiger partial charge in [-0.3, -0.25) is 9.59 Å². The van der Waals surface area contributed by atoms with E-state index in [4.69, 9.17) is 27.9 Å². The average molecular weight is 465 g/mol. The first-order valence-electron chi connectivity index (χ1n) is 10.5. The monoisotopic (exact) mass is 464 g/mol. The lowest BCUT2D eigenvalue weighted by molar-refractivity contribution is -0.143. The summed E-state index contributed by atoms with van der Waals surface area (Å²) in [4.78, 5) is 27.7. The second-order valence-electron chi connectivity index (χ2n) is 7.59. The first kappa shape index (κ1) is 25.0. The summed E-state index contributed by atoms with van der Waals surface area (Å²) in [6.45, 7) is 7.82. The molecule has 5 nitrogen and oxygen atoms in total. The lowest BCUT2D eigenvalue weighted by Crippen LogP contribution is -2.51. The number of halogens is 2. The fraction of sp³-hybridized carbons (Fsp3) is 0.417. The number of hydrogen-bond acceptors (Lipinski definition) is 3. The van der Waals surface area contributed by atoms with Gasteiger partial charge in [0.25, 0.3) is 5.91 Å². The molecule has 31 heavy (non-hydrogen) atoms. The summed E-state index contributed by atoms with van der Waals surface area (Å²) in [5, 5.41) is 4.24. The first-order chi connectivity index (χ1) is 14.7. The molecule has 0 aromatic heterocycles. The van der Waals surface area contributed by atoms with Crippen LogP contribution in [0.4, 0.5) is 0 Å². The first-order valence-corrected chi connectivity index (χ1v) is 11.2. The summed E-state index contributed by atoms with van der Waals surface area (Å²) in [5.74, 6) is 0.119. The van der Waals surface area contributed by atoms with Gasteiger partial charge in [0.1, 0.15) is 11.8 Å². The highest BCUT2D eigenvalue weighted by atomic mass is 35.5. The summed E-state index contributed by atoms with van der Waals surface area (Å²) in [5.41, 5.74) is 1.75. The van der Waals surface area contributed by atoms with Gasteiger partial charge in [0.2, 0.25) is 5.91 Å².